The molecule has 4 aromatic rings. The van der Waals surface area contributed by atoms with E-state index in [1.54, 1.807) is 0 Å². The summed E-state index contributed by atoms with van der Waals surface area (Å²) >= 11 is 0.569. The van der Waals surface area contributed by atoms with Crippen LogP contribution < -0.4 is 21.2 Å². The minimum absolute atomic E-state index is 0. The quantitative estimate of drug-likeness (QED) is 0.151. The van der Waals surface area contributed by atoms with Crippen LogP contribution in [0.1, 0.15) is 6.42 Å². The van der Waals surface area contributed by atoms with Crippen LogP contribution in [0.5, 0.6) is 0 Å². The van der Waals surface area contributed by atoms with Crippen LogP contribution in [0.25, 0.3) is 0 Å². The van der Waals surface area contributed by atoms with Gasteiger partial charge < -0.3 is 0 Å². The van der Waals surface area contributed by atoms with Gasteiger partial charge in [-0.1, -0.05) is 121 Å². The molecule has 6 heteroatoms. The second-order valence-electron chi connectivity index (χ2n) is 7.04. The van der Waals surface area contributed by atoms with E-state index in [9.17, 15) is 0 Å². The van der Waals surface area contributed by atoms with Gasteiger partial charge in [0.2, 0.25) is 0 Å². The molecule has 0 spiro atoms. The van der Waals surface area contributed by atoms with Crippen molar-refractivity contribution in [1.29, 1.82) is 0 Å². The predicted octanol–water partition coefficient (Wildman–Crippen LogP) is 7.44. The fourth-order valence-electron chi connectivity index (χ4n) is 3.63. The maximum absolute atomic E-state index is 4.70. The first-order chi connectivity index (χ1) is 15.8. The topological polar surface area (TPSA) is 0 Å². The van der Waals surface area contributed by atoms with Crippen molar-refractivity contribution in [3.8, 4) is 0 Å². The Morgan fingerprint density at radius 1 is 0.455 bits per heavy atom. The van der Waals surface area contributed by atoms with Crippen molar-refractivity contribution < 1.29 is 12.7 Å². The first-order valence-corrected chi connectivity index (χ1v) is 16.2. The molecule has 0 fully saturated rings. The standard InChI is InChI=1S/C27H26P2.3ClH.Ni/c1-5-14-24(15-6-1)28(25-16-7-2-8-17-25)22-13-23-29(26-18-9-3-10-19-26)27-20-11-4-12-21-27;;;;/h1-12,14-21H,13,22-23H2;3*1H;/q;;;;+2/p-2. The van der Waals surface area contributed by atoms with E-state index in [4.69, 9.17) is 20.4 Å². The van der Waals surface area contributed by atoms with Gasteiger partial charge in [-0.15, -0.1) is 12.4 Å². The van der Waals surface area contributed by atoms with E-state index in [0.29, 0.717) is 12.7 Å². The third-order valence-electron chi connectivity index (χ3n) is 5.03. The van der Waals surface area contributed by atoms with Gasteiger partial charge in [-0.25, -0.2) is 0 Å². The van der Waals surface area contributed by atoms with Gasteiger partial charge in [-0.05, 0) is 55.8 Å². The Kier molecular flexibility index (Phi) is 14.3. The summed E-state index contributed by atoms with van der Waals surface area (Å²) in [5.74, 6) is 0. The molecule has 176 valence electrons. The summed E-state index contributed by atoms with van der Waals surface area (Å²) in [7, 11) is 8.78. The largest absolute Gasteiger partial charge is 0.0622 e. The van der Waals surface area contributed by atoms with Crippen molar-refractivity contribution in [2.75, 3.05) is 12.3 Å². The summed E-state index contributed by atoms with van der Waals surface area (Å²) < 4.78 is 0. The zero-order valence-electron chi connectivity index (χ0n) is 18.0. The first-order valence-electron chi connectivity index (χ1n) is 10.4. The van der Waals surface area contributed by atoms with Crippen LogP contribution in [0, 0.1) is 0 Å². The van der Waals surface area contributed by atoms with Crippen LogP contribution >= 0.6 is 48.6 Å². The normalized spacial score (nSPS) is 10.4. The summed E-state index contributed by atoms with van der Waals surface area (Å²) in [6.45, 7) is 0. The number of hydrogen-bond acceptors (Lipinski definition) is 0. The molecule has 0 saturated carbocycles. The van der Waals surface area contributed by atoms with Gasteiger partial charge in [0, 0.05) is 0 Å². The molecule has 0 atom stereocenters. The van der Waals surface area contributed by atoms with Gasteiger partial charge in [-0.3, -0.25) is 0 Å². The van der Waals surface area contributed by atoms with Crippen LogP contribution in [0.3, 0.4) is 0 Å². The molecule has 0 saturated heterocycles. The molecule has 0 nitrogen and oxygen atoms in total. The first kappa shape index (κ1) is 28.3. The molecule has 0 radical (unpaired) electrons. The Bertz CT molecular complexity index is 844. The number of benzene rings is 4. The molecule has 0 aliphatic heterocycles. The van der Waals surface area contributed by atoms with Crippen molar-refractivity contribution in [2.24, 2.45) is 0 Å². The van der Waals surface area contributed by atoms with E-state index in [1.165, 1.54) is 40.0 Å². The molecule has 0 aliphatic carbocycles. The minimum Gasteiger partial charge on any atom is -0.0622 e. The Labute approximate surface area is 221 Å². The van der Waals surface area contributed by atoms with Crippen molar-refractivity contribution in [2.45, 2.75) is 6.42 Å². The zero-order chi connectivity index (χ0) is 22.4. The monoisotopic (exact) mass is 576 g/mol. The Balaban J connectivity index is 0.000000914. The number of rotatable bonds is 8. The summed E-state index contributed by atoms with van der Waals surface area (Å²) in [6, 6.07) is 44.3. The summed E-state index contributed by atoms with van der Waals surface area (Å²) in [5, 5.41) is 5.94. The maximum Gasteiger partial charge on any atom is -0.0195 e. The fourth-order valence-corrected chi connectivity index (χ4v) is 8.59. The van der Waals surface area contributed by atoms with E-state index in [-0.39, 0.29) is 28.3 Å². The Morgan fingerprint density at radius 3 is 0.879 bits per heavy atom. The van der Waals surface area contributed by atoms with Crippen LogP contribution in [0.4, 0.5) is 0 Å². The third kappa shape index (κ3) is 9.34. The van der Waals surface area contributed by atoms with E-state index < -0.39 is 0 Å². The van der Waals surface area contributed by atoms with Crippen molar-refractivity contribution in [1.82, 2.24) is 0 Å². The smallest absolute Gasteiger partial charge is 0.0195 e. The van der Waals surface area contributed by atoms with Crippen molar-refractivity contribution in [3.63, 3.8) is 0 Å². The van der Waals surface area contributed by atoms with Crippen LogP contribution in [-0.2, 0) is 12.7 Å². The second-order valence-corrected chi connectivity index (χ2v) is 13.3. The molecule has 0 amide bonds. The SMILES string of the molecule is Cl.[Cl][Ni][Cl].c1ccc(P(CCCP(c2ccccc2)c2ccccc2)c2ccccc2)cc1. The van der Waals surface area contributed by atoms with E-state index in [2.05, 4.69) is 121 Å². The molecule has 0 aliphatic rings. The summed E-state index contributed by atoms with van der Waals surface area (Å²) in [6.07, 6.45) is 3.72. The number of halogens is 3. The van der Waals surface area contributed by atoms with Gasteiger partial charge in [0.25, 0.3) is 0 Å². The third-order valence-corrected chi connectivity index (χ3v) is 10.2. The maximum atomic E-state index is 4.70. The van der Waals surface area contributed by atoms with Gasteiger partial charge in [0.05, 0.1) is 0 Å². The van der Waals surface area contributed by atoms with Crippen LogP contribution in [0.2, 0.25) is 0 Å². The molecule has 0 unspecified atom stereocenters. The predicted molar refractivity (Wildman–Crippen MR) is 151 cm³/mol. The molecule has 0 bridgehead atoms. The molecule has 4 aromatic carbocycles. The van der Waals surface area contributed by atoms with Gasteiger partial charge in [0.15, 0.2) is 0 Å². The van der Waals surface area contributed by atoms with Crippen LogP contribution in [0.15, 0.2) is 121 Å². The van der Waals surface area contributed by atoms with E-state index in [1.807, 2.05) is 0 Å². The zero-order valence-corrected chi connectivity index (χ0v) is 23.1. The van der Waals surface area contributed by atoms with Crippen molar-refractivity contribution in [3.05, 3.63) is 121 Å². The molecule has 0 N–H and O–H groups in total. The van der Waals surface area contributed by atoms with Gasteiger partial charge >= 0.3 is 33.0 Å². The molecular weight excluding hydrogens is 551 g/mol. The average Bonchev–Trinajstić information content (AvgIpc) is 2.87. The van der Waals surface area contributed by atoms with Gasteiger partial charge in [-0.2, -0.15) is 0 Å². The molecular formula is C27H27Cl3NiP2. The second kappa shape index (κ2) is 16.7. The van der Waals surface area contributed by atoms with E-state index >= 15 is 0 Å². The molecule has 4 rings (SSSR count). The van der Waals surface area contributed by atoms with E-state index in [0.717, 1.165) is 0 Å². The number of hydrogen-bond donors (Lipinski definition) is 0. The average molecular weight is 579 g/mol. The molecule has 33 heavy (non-hydrogen) atoms. The molecule has 0 heterocycles. The summed E-state index contributed by atoms with van der Waals surface area (Å²) in [5.41, 5.74) is 0. The minimum atomic E-state index is -0.309. The van der Waals surface area contributed by atoms with Gasteiger partial charge in [0.1, 0.15) is 0 Å². The summed E-state index contributed by atoms with van der Waals surface area (Å²) in [4.78, 5) is 0. The van der Waals surface area contributed by atoms with Crippen LogP contribution in [-0.4, -0.2) is 12.3 Å². The fraction of sp³-hybridized carbons (Fsp3) is 0.111. The Hall–Kier alpha value is -0.896. The molecule has 0 aromatic heterocycles. The Morgan fingerprint density at radius 2 is 0.667 bits per heavy atom. The van der Waals surface area contributed by atoms with Crippen molar-refractivity contribution >= 4 is 69.9 Å².